The number of nitrogens with one attached hydrogen (secondary N) is 1. The average molecular weight is 470 g/mol. The van der Waals surface area contributed by atoms with E-state index in [2.05, 4.69) is 4.72 Å². The molecule has 12 nitrogen and oxygen atoms in total. The highest BCUT2D eigenvalue weighted by molar-refractivity contribution is 7.89. The first-order chi connectivity index (χ1) is 14.5. The molecule has 3 rings (SSSR count). The van der Waals surface area contributed by atoms with Crippen molar-refractivity contribution in [1.82, 2.24) is 9.03 Å². The van der Waals surface area contributed by atoms with E-state index in [0.717, 1.165) is 48.5 Å². The molecule has 1 saturated carbocycles. The van der Waals surface area contributed by atoms with Crippen molar-refractivity contribution in [2.45, 2.75) is 28.7 Å². The van der Waals surface area contributed by atoms with E-state index in [1.165, 1.54) is 4.31 Å². The third kappa shape index (κ3) is 5.22. The third-order valence-corrected chi connectivity index (χ3v) is 8.03. The van der Waals surface area contributed by atoms with Crippen LogP contribution in [-0.2, 0) is 20.0 Å². The van der Waals surface area contributed by atoms with Crippen LogP contribution in [0.4, 0.5) is 11.4 Å². The number of nitrogens with zero attached hydrogens (tertiary/aromatic N) is 3. The van der Waals surface area contributed by atoms with Crippen LogP contribution in [-0.4, -0.2) is 50.1 Å². The maximum Gasteiger partial charge on any atom is 0.269 e. The van der Waals surface area contributed by atoms with Crippen molar-refractivity contribution in [3.8, 4) is 0 Å². The van der Waals surface area contributed by atoms with Crippen LogP contribution in [0.25, 0.3) is 0 Å². The molecule has 0 radical (unpaired) electrons. The summed E-state index contributed by atoms with van der Waals surface area (Å²) in [4.78, 5) is 19.9. The van der Waals surface area contributed by atoms with E-state index in [0.29, 0.717) is 12.8 Å². The van der Waals surface area contributed by atoms with Gasteiger partial charge in [-0.3, -0.25) is 20.2 Å². The van der Waals surface area contributed by atoms with Gasteiger partial charge in [0.25, 0.3) is 11.4 Å². The molecule has 2 aromatic carbocycles. The van der Waals surface area contributed by atoms with Crippen molar-refractivity contribution >= 4 is 31.4 Å². The summed E-state index contributed by atoms with van der Waals surface area (Å²) in [7, 11) is -7.97. The van der Waals surface area contributed by atoms with Crippen molar-refractivity contribution in [3.05, 3.63) is 68.8 Å². The first-order valence-electron chi connectivity index (χ1n) is 9.03. The van der Waals surface area contributed by atoms with Gasteiger partial charge in [-0.25, -0.2) is 21.6 Å². The summed E-state index contributed by atoms with van der Waals surface area (Å²) in [5.41, 5.74) is -0.499. The summed E-state index contributed by atoms with van der Waals surface area (Å²) in [6.45, 7) is -0.363. The number of nitro benzene ring substituents is 2. The van der Waals surface area contributed by atoms with E-state index in [1.54, 1.807) is 0 Å². The fraction of sp³-hybridized carbons (Fsp3) is 0.294. The second kappa shape index (κ2) is 8.66. The number of hydrogen-bond donors (Lipinski definition) is 1. The topological polar surface area (TPSA) is 170 Å². The summed E-state index contributed by atoms with van der Waals surface area (Å²) in [6.07, 6.45) is 1.25. The Kier molecular flexibility index (Phi) is 6.35. The van der Waals surface area contributed by atoms with Gasteiger partial charge >= 0.3 is 0 Å². The zero-order valence-corrected chi connectivity index (χ0v) is 17.6. The molecular weight excluding hydrogens is 452 g/mol. The van der Waals surface area contributed by atoms with Crippen LogP contribution in [0.1, 0.15) is 12.8 Å². The van der Waals surface area contributed by atoms with Gasteiger partial charge in [0.1, 0.15) is 0 Å². The van der Waals surface area contributed by atoms with E-state index in [4.69, 9.17) is 0 Å². The minimum absolute atomic E-state index is 0.122. The van der Waals surface area contributed by atoms with Gasteiger partial charge in [0.05, 0.1) is 19.6 Å². The van der Waals surface area contributed by atoms with Crippen LogP contribution < -0.4 is 4.72 Å². The second-order valence-electron chi connectivity index (χ2n) is 6.75. The molecule has 1 aliphatic rings. The summed E-state index contributed by atoms with van der Waals surface area (Å²) >= 11 is 0. The smallest absolute Gasteiger partial charge is 0.258 e. The van der Waals surface area contributed by atoms with Crippen LogP contribution >= 0.6 is 0 Å². The molecule has 14 heteroatoms. The number of hydrogen-bond acceptors (Lipinski definition) is 8. The maximum atomic E-state index is 12.9. The molecule has 0 bridgehead atoms. The van der Waals surface area contributed by atoms with Crippen LogP contribution in [0.5, 0.6) is 0 Å². The Morgan fingerprint density at radius 1 is 0.839 bits per heavy atom. The molecule has 0 aromatic heterocycles. The summed E-state index contributed by atoms with van der Waals surface area (Å²) < 4.78 is 54.1. The number of non-ortho nitro benzene ring substituents is 2. The Labute approximate surface area is 177 Å². The molecule has 0 unspecified atom stereocenters. The molecule has 1 aliphatic carbocycles. The molecule has 0 aliphatic heterocycles. The largest absolute Gasteiger partial charge is 0.269 e. The van der Waals surface area contributed by atoms with Crippen LogP contribution in [0.3, 0.4) is 0 Å². The van der Waals surface area contributed by atoms with Crippen molar-refractivity contribution in [2.75, 3.05) is 13.1 Å². The quantitative estimate of drug-likeness (QED) is 0.403. The standard InChI is InChI=1S/C17H18N4O8S2/c22-20(23)14-3-7-16(8-4-14)30(26,27)18-11-12-19(13-1-2-13)31(28,29)17-9-5-15(6-10-17)21(24)25/h3-10,13,18H,1-2,11-12H2. The Hall–Kier alpha value is -2.94. The van der Waals surface area contributed by atoms with Gasteiger partial charge in [-0.15, -0.1) is 0 Å². The van der Waals surface area contributed by atoms with Gasteiger partial charge in [-0.1, -0.05) is 0 Å². The normalized spacial score (nSPS) is 14.5. The van der Waals surface area contributed by atoms with Gasteiger partial charge < -0.3 is 0 Å². The Morgan fingerprint density at radius 3 is 1.71 bits per heavy atom. The summed E-state index contributed by atoms with van der Waals surface area (Å²) in [5.74, 6) is 0. The molecule has 166 valence electrons. The lowest BCUT2D eigenvalue weighted by Crippen LogP contribution is -2.39. The highest BCUT2D eigenvalue weighted by Gasteiger charge is 2.38. The molecular formula is C17H18N4O8S2. The fourth-order valence-electron chi connectivity index (χ4n) is 2.86. The summed E-state index contributed by atoms with van der Waals surface area (Å²) in [6, 6.07) is 8.50. The van der Waals surface area contributed by atoms with Crippen molar-refractivity contribution in [1.29, 1.82) is 0 Å². The molecule has 31 heavy (non-hydrogen) atoms. The first-order valence-corrected chi connectivity index (χ1v) is 11.9. The molecule has 0 amide bonds. The van der Waals surface area contributed by atoms with Gasteiger partial charge in [-0.2, -0.15) is 4.31 Å². The lowest BCUT2D eigenvalue weighted by Gasteiger charge is -2.22. The van der Waals surface area contributed by atoms with Gasteiger partial charge in [0, 0.05) is 43.4 Å². The molecule has 0 atom stereocenters. The fourth-order valence-corrected chi connectivity index (χ4v) is 5.56. The molecule has 2 aromatic rings. The van der Waals surface area contributed by atoms with E-state index < -0.39 is 29.9 Å². The van der Waals surface area contributed by atoms with Gasteiger partial charge in [-0.05, 0) is 37.1 Å². The Morgan fingerprint density at radius 2 is 1.29 bits per heavy atom. The minimum atomic E-state index is -4.00. The van der Waals surface area contributed by atoms with E-state index in [9.17, 15) is 37.1 Å². The first kappa shape index (κ1) is 22.7. The lowest BCUT2D eigenvalue weighted by molar-refractivity contribution is -0.385. The number of sulfonamides is 2. The number of rotatable bonds is 10. The van der Waals surface area contributed by atoms with E-state index in [1.807, 2.05) is 0 Å². The van der Waals surface area contributed by atoms with Crippen molar-refractivity contribution in [2.24, 2.45) is 0 Å². The van der Waals surface area contributed by atoms with E-state index >= 15 is 0 Å². The zero-order chi connectivity index (χ0) is 22.8. The van der Waals surface area contributed by atoms with Gasteiger partial charge in [0.2, 0.25) is 20.0 Å². The van der Waals surface area contributed by atoms with Crippen LogP contribution in [0.2, 0.25) is 0 Å². The second-order valence-corrected chi connectivity index (χ2v) is 10.4. The molecule has 0 heterocycles. The number of benzene rings is 2. The van der Waals surface area contributed by atoms with Crippen LogP contribution in [0.15, 0.2) is 58.3 Å². The lowest BCUT2D eigenvalue weighted by atomic mass is 10.3. The SMILES string of the molecule is O=[N+]([O-])c1ccc(S(=O)(=O)NCCN(C2CC2)S(=O)(=O)c2ccc([N+](=O)[O-])cc2)cc1. The minimum Gasteiger partial charge on any atom is -0.258 e. The van der Waals surface area contributed by atoms with E-state index in [-0.39, 0.29) is 40.3 Å². The zero-order valence-electron chi connectivity index (χ0n) is 15.9. The van der Waals surface area contributed by atoms with Crippen molar-refractivity contribution in [3.63, 3.8) is 0 Å². The Bertz CT molecular complexity index is 1190. The molecule has 0 spiro atoms. The highest BCUT2D eigenvalue weighted by atomic mass is 32.2. The molecule has 0 saturated heterocycles. The van der Waals surface area contributed by atoms with Crippen LogP contribution in [0, 0.1) is 20.2 Å². The van der Waals surface area contributed by atoms with Crippen molar-refractivity contribution < 1.29 is 26.7 Å². The van der Waals surface area contributed by atoms with Gasteiger partial charge in [0.15, 0.2) is 0 Å². The average Bonchev–Trinajstić information content (AvgIpc) is 3.56. The monoisotopic (exact) mass is 470 g/mol. The Balaban J connectivity index is 1.70. The maximum absolute atomic E-state index is 12.9. The highest BCUT2D eigenvalue weighted by Crippen LogP contribution is 2.32. The predicted molar refractivity (Wildman–Crippen MR) is 108 cm³/mol. The summed E-state index contributed by atoms with van der Waals surface area (Å²) in [5, 5.41) is 21.5. The predicted octanol–water partition coefficient (Wildman–Crippen LogP) is 1.63. The third-order valence-electron chi connectivity index (χ3n) is 4.59. The molecule has 1 N–H and O–H groups in total. The number of nitro groups is 2. The molecule has 1 fully saturated rings.